The molecule has 2 aromatic carbocycles. The Morgan fingerprint density at radius 2 is 1.66 bits per heavy atom. The molecule has 0 aromatic heterocycles. The molecule has 8 heteroatoms. The lowest BCUT2D eigenvalue weighted by molar-refractivity contribution is -0.123. The van der Waals surface area contributed by atoms with Crippen molar-refractivity contribution in [3.8, 4) is 0 Å². The third kappa shape index (κ3) is 4.35. The molecule has 7 nitrogen and oxygen atoms in total. The van der Waals surface area contributed by atoms with Gasteiger partial charge in [-0.2, -0.15) is 4.31 Å². The Balaban J connectivity index is 1.43. The van der Waals surface area contributed by atoms with E-state index in [4.69, 9.17) is 0 Å². The number of hydrogen-bond donors (Lipinski definition) is 0. The minimum Gasteiger partial charge on any atom is -0.311 e. The van der Waals surface area contributed by atoms with E-state index in [1.807, 2.05) is 30.0 Å². The number of nitrogens with zero attached hydrogens (tertiary/aromatic N) is 3. The number of carbonyl (C=O) groups is 2. The van der Waals surface area contributed by atoms with E-state index >= 15 is 0 Å². The van der Waals surface area contributed by atoms with Crippen molar-refractivity contribution in [3.05, 3.63) is 59.7 Å². The number of para-hydroxylation sites is 1. The second kappa shape index (κ2) is 9.13. The highest BCUT2D eigenvalue weighted by Gasteiger charge is 2.34. The predicted molar refractivity (Wildman–Crippen MR) is 123 cm³/mol. The number of hydrogen-bond acceptors (Lipinski definition) is 5. The molecule has 2 aliphatic rings. The number of amides is 1. The number of fused-ring (bicyclic) bond motifs is 1. The molecule has 0 saturated carbocycles. The lowest BCUT2D eigenvalue weighted by Crippen LogP contribution is -2.56. The van der Waals surface area contributed by atoms with Crippen LogP contribution in [0.5, 0.6) is 0 Å². The summed E-state index contributed by atoms with van der Waals surface area (Å²) in [6.45, 7) is 5.61. The van der Waals surface area contributed by atoms with Gasteiger partial charge in [0.05, 0.1) is 10.9 Å². The first-order valence-corrected chi connectivity index (χ1v) is 12.5. The first-order chi connectivity index (χ1) is 15.3. The van der Waals surface area contributed by atoms with Gasteiger partial charge in [0.25, 0.3) is 0 Å². The topological polar surface area (TPSA) is 78.0 Å². The number of piperazine rings is 1. The molecule has 2 heterocycles. The zero-order valence-corrected chi connectivity index (χ0v) is 19.3. The molecule has 170 valence electrons. The Kier molecular flexibility index (Phi) is 6.46. The molecule has 0 spiro atoms. The number of aryl methyl sites for hydroxylation is 1. The van der Waals surface area contributed by atoms with E-state index in [0.29, 0.717) is 38.3 Å². The average Bonchev–Trinajstić information content (AvgIpc) is 2.83. The molecule has 1 atom stereocenters. The molecule has 0 aliphatic carbocycles. The summed E-state index contributed by atoms with van der Waals surface area (Å²) >= 11 is 0. The van der Waals surface area contributed by atoms with Crippen LogP contribution in [0.25, 0.3) is 0 Å². The van der Waals surface area contributed by atoms with Gasteiger partial charge < -0.3 is 4.90 Å². The highest BCUT2D eigenvalue weighted by molar-refractivity contribution is 7.89. The van der Waals surface area contributed by atoms with Crippen molar-refractivity contribution >= 4 is 27.4 Å². The minimum absolute atomic E-state index is 0.0580. The number of ketones is 1. The summed E-state index contributed by atoms with van der Waals surface area (Å²) in [5.74, 6) is -0.110. The molecule has 2 aromatic rings. The Morgan fingerprint density at radius 1 is 0.938 bits per heavy atom. The fourth-order valence-electron chi connectivity index (χ4n) is 4.50. The molecule has 4 rings (SSSR count). The van der Waals surface area contributed by atoms with Crippen LogP contribution >= 0.6 is 0 Å². The molecule has 0 bridgehead atoms. The number of carbonyl (C=O) groups excluding carboxylic acids is 2. The smallest absolute Gasteiger partial charge is 0.244 e. The number of rotatable bonds is 5. The van der Waals surface area contributed by atoms with Crippen LogP contribution in [-0.4, -0.2) is 68.1 Å². The van der Waals surface area contributed by atoms with Crippen LogP contribution in [0.1, 0.15) is 36.2 Å². The average molecular weight is 456 g/mol. The summed E-state index contributed by atoms with van der Waals surface area (Å²) in [6.07, 6.45) is 1.93. The molecule has 2 aliphatic heterocycles. The van der Waals surface area contributed by atoms with Gasteiger partial charge in [0, 0.05) is 44.0 Å². The molecular formula is C24H29N3O4S. The maximum absolute atomic E-state index is 13.3. The van der Waals surface area contributed by atoms with E-state index in [0.717, 1.165) is 18.5 Å². The molecule has 0 unspecified atom stereocenters. The lowest BCUT2D eigenvalue weighted by atomic mass is 10.0. The summed E-state index contributed by atoms with van der Waals surface area (Å²) < 4.78 is 27.6. The molecule has 1 amide bonds. The normalized spacial score (nSPS) is 18.8. The Hall–Kier alpha value is -2.55. The highest BCUT2D eigenvalue weighted by atomic mass is 32.2. The summed E-state index contributed by atoms with van der Waals surface area (Å²) in [5.41, 5.74) is 2.57. The monoisotopic (exact) mass is 455 g/mol. The van der Waals surface area contributed by atoms with Crippen molar-refractivity contribution in [3.63, 3.8) is 0 Å². The highest BCUT2D eigenvalue weighted by Crippen LogP contribution is 2.28. The van der Waals surface area contributed by atoms with Crippen molar-refractivity contribution in [1.82, 2.24) is 9.21 Å². The van der Waals surface area contributed by atoms with Crippen LogP contribution in [0.2, 0.25) is 0 Å². The molecular weight excluding hydrogens is 426 g/mol. The first kappa shape index (κ1) is 22.6. The van der Waals surface area contributed by atoms with Crippen LogP contribution in [0.3, 0.4) is 0 Å². The summed E-state index contributed by atoms with van der Waals surface area (Å²) in [7, 11) is -3.69. The number of benzene rings is 2. The fourth-order valence-corrected chi connectivity index (χ4v) is 5.97. The van der Waals surface area contributed by atoms with E-state index in [9.17, 15) is 18.0 Å². The quantitative estimate of drug-likeness (QED) is 0.648. The van der Waals surface area contributed by atoms with E-state index in [2.05, 4.69) is 11.0 Å². The standard InChI is InChI=1S/C24H29N3O4S/c1-18(24(29)27-12-6-9-20-7-3-4-11-23(20)27)25-13-15-26(16-14-25)32(30,31)22-10-5-8-21(17-22)19(2)28/h3-5,7-8,10-11,17-18H,6,9,12-16H2,1-2H3/t18-/m0/s1. The zero-order valence-electron chi connectivity index (χ0n) is 18.5. The molecule has 1 fully saturated rings. The Morgan fingerprint density at radius 3 is 2.38 bits per heavy atom. The molecule has 0 radical (unpaired) electrons. The van der Waals surface area contributed by atoms with Crippen LogP contribution in [0.4, 0.5) is 5.69 Å². The van der Waals surface area contributed by atoms with Gasteiger partial charge in [-0.25, -0.2) is 8.42 Å². The Bertz CT molecular complexity index is 1120. The van der Waals surface area contributed by atoms with Gasteiger partial charge in [-0.1, -0.05) is 30.3 Å². The van der Waals surface area contributed by atoms with Crippen LogP contribution in [-0.2, 0) is 21.2 Å². The van der Waals surface area contributed by atoms with Crippen LogP contribution < -0.4 is 4.90 Å². The molecule has 1 saturated heterocycles. The van der Waals surface area contributed by atoms with E-state index in [-0.39, 0.29) is 22.6 Å². The van der Waals surface area contributed by atoms with Gasteiger partial charge in [0.1, 0.15) is 0 Å². The van der Waals surface area contributed by atoms with Crippen molar-refractivity contribution in [2.24, 2.45) is 0 Å². The molecule has 32 heavy (non-hydrogen) atoms. The van der Waals surface area contributed by atoms with Crippen molar-refractivity contribution in [2.45, 2.75) is 37.6 Å². The van der Waals surface area contributed by atoms with Gasteiger partial charge in [0.15, 0.2) is 5.78 Å². The van der Waals surface area contributed by atoms with E-state index in [1.54, 1.807) is 12.1 Å². The van der Waals surface area contributed by atoms with Gasteiger partial charge in [0.2, 0.25) is 15.9 Å². The Labute approximate surface area is 189 Å². The largest absolute Gasteiger partial charge is 0.311 e. The lowest BCUT2D eigenvalue weighted by Gasteiger charge is -2.39. The van der Waals surface area contributed by atoms with Gasteiger partial charge in [-0.15, -0.1) is 0 Å². The number of sulfonamides is 1. The van der Waals surface area contributed by atoms with Gasteiger partial charge in [-0.3, -0.25) is 14.5 Å². The van der Waals surface area contributed by atoms with Crippen molar-refractivity contribution in [2.75, 3.05) is 37.6 Å². The zero-order chi connectivity index (χ0) is 22.9. The third-order valence-electron chi connectivity index (χ3n) is 6.43. The predicted octanol–water partition coefficient (Wildman–Crippen LogP) is 2.56. The second-order valence-electron chi connectivity index (χ2n) is 8.42. The van der Waals surface area contributed by atoms with E-state index in [1.165, 1.54) is 28.9 Å². The number of anilines is 1. The maximum Gasteiger partial charge on any atom is 0.244 e. The van der Waals surface area contributed by atoms with Gasteiger partial charge >= 0.3 is 0 Å². The minimum atomic E-state index is -3.69. The third-order valence-corrected chi connectivity index (χ3v) is 8.33. The summed E-state index contributed by atoms with van der Waals surface area (Å²) in [6, 6.07) is 13.9. The van der Waals surface area contributed by atoms with E-state index < -0.39 is 10.0 Å². The molecule has 0 N–H and O–H groups in total. The van der Waals surface area contributed by atoms with Crippen LogP contribution in [0, 0.1) is 0 Å². The fraction of sp³-hybridized carbons (Fsp3) is 0.417. The van der Waals surface area contributed by atoms with Gasteiger partial charge in [-0.05, 0) is 50.5 Å². The number of Topliss-reactive ketones (excluding diaryl/α,β-unsaturated/α-hetero) is 1. The van der Waals surface area contributed by atoms with Crippen LogP contribution in [0.15, 0.2) is 53.4 Å². The summed E-state index contributed by atoms with van der Waals surface area (Å²) in [4.78, 5) is 29.0. The van der Waals surface area contributed by atoms with Crippen molar-refractivity contribution in [1.29, 1.82) is 0 Å². The van der Waals surface area contributed by atoms with Crippen molar-refractivity contribution < 1.29 is 18.0 Å². The maximum atomic E-state index is 13.3. The SMILES string of the molecule is CC(=O)c1cccc(S(=O)(=O)N2CCN([C@@H](C)C(=O)N3CCCc4ccccc43)CC2)c1. The second-order valence-corrected chi connectivity index (χ2v) is 10.4. The first-order valence-electron chi connectivity index (χ1n) is 11.0. The summed E-state index contributed by atoms with van der Waals surface area (Å²) in [5, 5.41) is 0.